The summed E-state index contributed by atoms with van der Waals surface area (Å²) in [6.07, 6.45) is 0.155. The van der Waals surface area contributed by atoms with Crippen molar-refractivity contribution < 1.29 is 14.3 Å². The SMILES string of the molecule is COC(=O)c1cc(OC2CNC2)c2ncsc2c1. The van der Waals surface area contributed by atoms with E-state index in [-0.39, 0.29) is 12.1 Å². The minimum Gasteiger partial charge on any atom is -0.485 e. The molecule has 1 fully saturated rings. The third-order valence-electron chi connectivity index (χ3n) is 2.86. The van der Waals surface area contributed by atoms with Gasteiger partial charge in [-0.1, -0.05) is 0 Å². The summed E-state index contributed by atoms with van der Waals surface area (Å²) >= 11 is 1.48. The molecule has 0 saturated carbocycles. The van der Waals surface area contributed by atoms with Crippen molar-refractivity contribution in [3.05, 3.63) is 23.2 Å². The van der Waals surface area contributed by atoms with Crippen LogP contribution in [0.1, 0.15) is 10.4 Å². The largest absolute Gasteiger partial charge is 0.485 e. The van der Waals surface area contributed by atoms with Crippen LogP contribution in [-0.2, 0) is 4.74 Å². The lowest BCUT2D eigenvalue weighted by Crippen LogP contribution is -2.50. The summed E-state index contributed by atoms with van der Waals surface area (Å²) < 4.78 is 11.5. The number of rotatable bonds is 3. The Labute approximate surface area is 108 Å². The average molecular weight is 264 g/mol. The second kappa shape index (κ2) is 4.55. The van der Waals surface area contributed by atoms with Crippen LogP contribution in [0.2, 0.25) is 0 Å². The molecule has 18 heavy (non-hydrogen) atoms. The Morgan fingerprint density at radius 3 is 3.00 bits per heavy atom. The van der Waals surface area contributed by atoms with Crippen molar-refractivity contribution >= 4 is 27.5 Å². The van der Waals surface area contributed by atoms with Crippen LogP contribution in [0.4, 0.5) is 0 Å². The Bertz CT molecular complexity index is 592. The van der Waals surface area contributed by atoms with Crippen molar-refractivity contribution in [2.75, 3.05) is 20.2 Å². The minimum absolute atomic E-state index is 0.155. The fourth-order valence-corrected chi connectivity index (χ4v) is 2.52. The Balaban J connectivity index is 2.02. The molecule has 2 heterocycles. The van der Waals surface area contributed by atoms with E-state index in [9.17, 15) is 4.79 Å². The number of carbonyl (C=O) groups excluding carboxylic acids is 1. The van der Waals surface area contributed by atoms with Crippen LogP contribution in [0.3, 0.4) is 0 Å². The summed E-state index contributed by atoms with van der Waals surface area (Å²) in [7, 11) is 1.37. The molecular weight excluding hydrogens is 252 g/mol. The second-order valence-corrected chi connectivity index (χ2v) is 4.95. The molecule has 0 radical (unpaired) electrons. The average Bonchev–Trinajstić information content (AvgIpc) is 2.80. The Kier molecular flexibility index (Phi) is 2.89. The molecule has 0 aliphatic carbocycles. The number of aromatic nitrogens is 1. The maximum Gasteiger partial charge on any atom is 0.338 e. The molecule has 6 heteroatoms. The molecule has 1 N–H and O–H groups in total. The first kappa shape index (κ1) is 11.4. The number of fused-ring (bicyclic) bond motifs is 1. The predicted octanol–water partition coefficient (Wildman–Crippen LogP) is 1.43. The van der Waals surface area contributed by atoms with Gasteiger partial charge in [0.25, 0.3) is 0 Å². The first-order valence-corrected chi connectivity index (χ1v) is 6.49. The molecule has 1 aromatic carbocycles. The molecule has 2 aromatic rings. The molecule has 1 aliphatic rings. The monoisotopic (exact) mass is 264 g/mol. The van der Waals surface area contributed by atoms with E-state index in [0.717, 1.165) is 23.3 Å². The highest BCUT2D eigenvalue weighted by molar-refractivity contribution is 7.16. The number of ether oxygens (including phenoxy) is 2. The van der Waals surface area contributed by atoms with Gasteiger partial charge < -0.3 is 14.8 Å². The van der Waals surface area contributed by atoms with Gasteiger partial charge in [0.15, 0.2) is 0 Å². The van der Waals surface area contributed by atoms with Gasteiger partial charge in [-0.25, -0.2) is 9.78 Å². The maximum atomic E-state index is 11.6. The van der Waals surface area contributed by atoms with Crippen molar-refractivity contribution in [1.82, 2.24) is 10.3 Å². The van der Waals surface area contributed by atoms with E-state index in [1.54, 1.807) is 17.6 Å². The molecular formula is C12H12N2O3S. The Morgan fingerprint density at radius 1 is 1.50 bits per heavy atom. The number of thiazole rings is 1. The topological polar surface area (TPSA) is 60.5 Å². The van der Waals surface area contributed by atoms with Gasteiger partial charge in [0.2, 0.25) is 0 Å². The summed E-state index contributed by atoms with van der Waals surface area (Å²) in [6, 6.07) is 3.48. The molecule has 5 nitrogen and oxygen atoms in total. The van der Waals surface area contributed by atoms with E-state index in [2.05, 4.69) is 10.3 Å². The number of hydrogen-bond donors (Lipinski definition) is 1. The first-order valence-electron chi connectivity index (χ1n) is 5.61. The number of nitrogens with one attached hydrogen (secondary N) is 1. The summed E-state index contributed by atoms with van der Waals surface area (Å²) in [6.45, 7) is 1.65. The fraction of sp³-hybridized carbons (Fsp3) is 0.333. The highest BCUT2D eigenvalue weighted by Gasteiger charge is 2.21. The van der Waals surface area contributed by atoms with Crippen LogP contribution >= 0.6 is 11.3 Å². The van der Waals surface area contributed by atoms with E-state index in [4.69, 9.17) is 9.47 Å². The highest BCUT2D eigenvalue weighted by atomic mass is 32.1. The number of nitrogens with zero attached hydrogens (tertiary/aromatic N) is 1. The Hall–Kier alpha value is -1.66. The van der Waals surface area contributed by atoms with Crippen LogP contribution in [0.5, 0.6) is 5.75 Å². The summed E-state index contributed by atoms with van der Waals surface area (Å²) in [4.78, 5) is 15.9. The van der Waals surface area contributed by atoms with Crippen molar-refractivity contribution in [3.8, 4) is 5.75 Å². The van der Waals surface area contributed by atoms with E-state index in [0.29, 0.717) is 11.3 Å². The number of methoxy groups -OCH3 is 1. The molecule has 0 bridgehead atoms. The maximum absolute atomic E-state index is 11.6. The van der Waals surface area contributed by atoms with E-state index < -0.39 is 0 Å². The number of hydrogen-bond acceptors (Lipinski definition) is 6. The smallest absolute Gasteiger partial charge is 0.338 e. The second-order valence-electron chi connectivity index (χ2n) is 4.06. The molecule has 0 unspecified atom stereocenters. The van der Waals surface area contributed by atoms with Crippen LogP contribution in [0.15, 0.2) is 17.6 Å². The van der Waals surface area contributed by atoms with Gasteiger partial charge in [0.05, 0.1) is 22.9 Å². The van der Waals surface area contributed by atoms with Crippen LogP contribution in [-0.4, -0.2) is 37.3 Å². The molecule has 1 saturated heterocycles. The summed E-state index contributed by atoms with van der Waals surface area (Å²) in [5.41, 5.74) is 3.05. The zero-order valence-electron chi connectivity index (χ0n) is 9.80. The predicted molar refractivity (Wildman–Crippen MR) is 68.2 cm³/mol. The molecule has 0 amide bonds. The lowest BCUT2D eigenvalue weighted by atomic mass is 10.2. The highest BCUT2D eigenvalue weighted by Crippen LogP contribution is 2.30. The quantitative estimate of drug-likeness (QED) is 0.850. The molecule has 1 aliphatic heterocycles. The van der Waals surface area contributed by atoms with Crippen LogP contribution in [0, 0.1) is 0 Å². The lowest BCUT2D eigenvalue weighted by Gasteiger charge is -2.28. The molecule has 0 spiro atoms. The third-order valence-corrected chi connectivity index (χ3v) is 3.64. The van der Waals surface area contributed by atoms with Gasteiger partial charge in [0, 0.05) is 13.1 Å². The van der Waals surface area contributed by atoms with Crippen molar-refractivity contribution in [2.24, 2.45) is 0 Å². The molecule has 1 aromatic heterocycles. The van der Waals surface area contributed by atoms with E-state index in [1.165, 1.54) is 18.4 Å². The molecule has 3 rings (SSSR count). The lowest BCUT2D eigenvalue weighted by molar-refractivity contribution is 0.0600. The normalized spacial score (nSPS) is 15.4. The molecule has 0 atom stereocenters. The zero-order chi connectivity index (χ0) is 12.5. The van der Waals surface area contributed by atoms with Gasteiger partial charge in [-0.2, -0.15) is 0 Å². The van der Waals surface area contributed by atoms with Crippen molar-refractivity contribution in [2.45, 2.75) is 6.10 Å². The van der Waals surface area contributed by atoms with Gasteiger partial charge >= 0.3 is 5.97 Å². The minimum atomic E-state index is -0.359. The Morgan fingerprint density at radius 2 is 2.33 bits per heavy atom. The van der Waals surface area contributed by atoms with E-state index >= 15 is 0 Å². The third kappa shape index (κ3) is 1.93. The van der Waals surface area contributed by atoms with Crippen molar-refractivity contribution in [3.63, 3.8) is 0 Å². The standard InChI is InChI=1S/C12H12N2O3S/c1-16-12(15)7-2-9(17-8-4-13-5-8)11-10(3-7)18-6-14-11/h2-3,6,8,13H,4-5H2,1H3. The first-order chi connectivity index (χ1) is 8.78. The molecule has 94 valence electrons. The van der Waals surface area contributed by atoms with Crippen LogP contribution < -0.4 is 10.1 Å². The van der Waals surface area contributed by atoms with Gasteiger partial charge in [-0.15, -0.1) is 11.3 Å². The summed E-state index contributed by atoms with van der Waals surface area (Å²) in [5, 5.41) is 3.14. The van der Waals surface area contributed by atoms with Gasteiger partial charge in [-0.05, 0) is 12.1 Å². The van der Waals surface area contributed by atoms with Gasteiger partial charge in [0.1, 0.15) is 17.4 Å². The number of benzene rings is 1. The summed E-state index contributed by atoms with van der Waals surface area (Å²) in [5.74, 6) is 0.294. The number of esters is 1. The van der Waals surface area contributed by atoms with Gasteiger partial charge in [-0.3, -0.25) is 0 Å². The fourth-order valence-electron chi connectivity index (χ4n) is 1.79. The number of carbonyl (C=O) groups is 1. The van der Waals surface area contributed by atoms with Crippen LogP contribution in [0.25, 0.3) is 10.2 Å². The zero-order valence-corrected chi connectivity index (χ0v) is 10.6. The van der Waals surface area contributed by atoms with E-state index in [1.807, 2.05) is 0 Å². The van der Waals surface area contributed by atoms with Crippen molar-refractivity contribution in [1.29, 1.82) is 0 Å².